The minimum Gasteiger partial charge on any atom is -0.291 e. The van der Waals surface area contributed by atoms with E-state index >= 15 is 0 Å². The van der Waals surface area contributed by atoms with Gasteiger partial charge < -0.3 is 0 Å². The molecule has 0 bridgehead atoms. The maximum absolute atomic E-state index is 11.8. The largest absolute Gasteiger partial charge is 0.291 e. The molecule has 0 unspecified atom stereocenters. The maximum atomic E-state index is 11.8. The molecule has 32 heavy (non-hydrogen) atoms. The van der Waals surface area contributed by atoms with Crippen molar-refractivity contribution in [3.05, 3.63) is 76.5 Å². The zero-order valence-electron chi connectivity index (χ0n) is 18.2. The topological polar surface area (TPSA) is 77.3 Å². The Morgan fingerprint density at radius 2 is 1.75 bits per heavy atom. The second-order valence-corrected chi connectivity index (χ2v) is 10.9. The number of hydrogen-bond donors (Lipinski definition) is 0. The van der Waals surface area contributed by atoms with E-state index in [0.29, 0.717) is 18.7 Å². The number of fused-ring (bicyclic) bond motifs is 2. The highest BCUT2D eigenvalue weighted by Gasteiger charge is 2.27. The summed E-state index contributed by atoms with van der Waals surface area (Å²) in [6.07, 6.45) is 2.77. The predicted molar refractivity (Wildman–Crippen MR) is 124 cm³/mol. The van der Waals surface area contributed by atoms with E-state index in [-0.39, 0.29) is 5.92 Å². The van der Waals surface area contributed by atoms with Gasteiger partial charge in [0, 0.05) is 49.7 Å². The third kappa shape index (κ3) is 4.14. The van der Waals surface area contributed by atoms with Gasteiger partial charge in [0.1, 0.15) is 6.07 Å². The second kappa shape index (κ2) is 8.28. The molecule has 0 aliphatic carbocycles. The fourth-order valence-electron chi connectivity index (χ4n) is 4.97. The molecule has 2 aromatic carbocycles. The zero-order valence-corrected chi connectivity index (χ0v) is 19.0. The van der Waals surface area contributed by atoms with Crippen LogP contribution in [0.25, 0.3) is 10.9 Å². The summed E-state index contributed by atoms with van der Waals surface area (Å²) in [4.78, 5) is 7.25. The van der Waals surface area contributed by atoms with Gasteiger partial charge in [0.15, 0.2) is 0 Å². The third-order valence-electron chi connectivity index (χ3n) is 6.65. The van der Waals surface area contributed by atoms with Crippen LogP contribution in [-0.4, -0.2) is 42.0 Å². The Balaban J connectivity index is 1.36. The summed E-state index contributed by atoms with van der Waals surface area (Å²) in [6.45, 7) is 3.70. The highest BCUT2D eigenvalue weighted by molar-refractivity contribution is 7.88. The molecular weight excluding hydrogens is 420 g/mol. The number of nitriles is 1. The Hall–Kier alpha value is -2.79. The lowest BCUT2D eigenvalue weighted by Gasteiger charge is -2.30. The fourth-order valence-corrected chi connectivity index (χ4v) is 5.85. The lowest BCUT2D eigenvalue weighted by Crippen LogP contribution is -2.37. The van der Waals surface area contributed by atoms with Gasteiger partial charge in [-0.15, -0.1) is 0 Å². The van der Waals surface area contributed by atoms with Gasteiger partial charge in [0.2, 0.25) is 10.0 Å². The van der Waals surface area contributed by atoms with Crippen molar-refractivity contribution in [1.29, 1.82) is 5.26 Å². The SMILES string of the molecule is CS(=O)(=O)N1CCC(c2ccc3cc(CN4Cc5ccccc5C4)cc(C#N)c3n2)CC1. The molecule has 3 aromatic rings. The van der Waals surface area contributed by atoms with E-state index in [4.69, 9.17) is 4.98 Å². The Kier molecular flexibility index (Phi) is 5.46. The van der Waals surface area contributed by atoms with Crippen LogP contribution in [0.2, 0.25) is 0 Å². The predicted octanol–water partition coefficient (Wildman–Crippen LogP) is 3.76. The number of hydrogen-bond acceptors (Lipinski definition) is 5. The van der Waals surface area contributed by atoms with E-state index in [1.54, 1.807) is 0 Å². The van der Waals surface area contributed by atoms with Crippen molar-refractivity contribution in [3.8, 4) is 6.07 Å². The van der Waals surface area contributed by atoms with Gasteiger partial charge in [-0.1, -0.05) is 30.3 Å². The number of sulfonamides is 1. The Labute approximate surface area is 189 Å². The lowest BCUT2D eigenvalue weighted by atomic mass is 9.93. The van der Waals surface area contributed by atoms with E-state index < -0.39 is 10.0 Å². The Bertz CT molecular complexity index is 1300. The number of aromatic nitrogens is 1. The normalized spacial score (nSPS) is 18.0. The van der Waals surface area contributed by atoms with Crippen LogP contribution in [0.3, 0.4) is 0 Å². The smallest absolute Gasteiger partial charge is 0.211 e. The summed E-state index contributed by atoms with van der Waals surface area (Å²) in [5, 5.41) is 10.8. The fraction of sp³-hybridized carbons (Fsp3) is 0.360. The molecule has 0 amide bonds. The number of pyridine rings is 1. The third-order valence-corrected chi connectivity index (χ3v) is 7.95. The lowest BCUT2D eigenvalue weighted by molar-refractivity contribution is 0.275. The Morgan fingerprint density at radius 3 is 2.38 bits per heavy atom. The van der Waals surface area contributed by atoms with Crippen LogP contribution in [0.1, 0.15) is 46.7 Å². The molecule has 1 fully saturated rings. The van der Waals surface area contributed by atoms with E-state index in [1.807, 2.05) is 12.1 Å². The first-order valence-electron chi connectivity index (χ1n) is 11.0. The van der Waals surface area contributed by atoms with Crippen molar-refractivity contribution < 1.29 is 8.42 Å². The summed E-state index contributed by atoms with van der Waals surface area (Å²) in [5.74, 6) is 0.215. The van der Waals surface area contributed by atoms with Crippen molar-refractivity contribution in [2.24, 2.45) is 0 Å². The summed E-state index contributed by atoms with van der Waals surface area (Å²) >= 11 is 0. The van der Waals surface area contributed by atoms with Crippen LogP contribution >= 0.6 is 0 Å². The minimum absolute atomic E-state index is 0.215. The molecule has 3 heterocycles. The van der Waals surface area contributed by atoms with Crippen molar-refractivity contribution in [2.75, 3.05) is 19.3 Å². The monoisotopic (exact) mass is 446 g/mol. The molecule has 0 N–H and O–H groups in total. The average molecular weight is 447 g/mol. The highest BCUT2D eigenvalue weighted by atomic mass is 32.2. The van der Waals surface area contributed by atoms with Gasteiger partial charge in [-0.05, 0) is 47.7 Å². The molecule has 6 nitrogen and oxygen atoms in total. The van der Waals surface area contributed by atoms with Crippen LogP contribution in [0, 0.1) is 11.3 Å². The van der Waals surface area contributed by atoms with E-state index in [1.165, 1.54) is 21.7 Å². The molecule has 164 valence electrons. The van der Waals surface area contributed by atoms with Crippen molar-refractivity contribution >= 4 is 20.9 Å². The molecule has 5 rings (SSSR count). The van der Waals surface area contributed by atoms with Gasteiger partial charge in [-0.3, -0.25) is 9.88 Å². The molecule has 2 aliphatic heterocycles. The zero-order chi connectivity index (χ0) is 22.3. The average Bonchev–Trinajstić information content (AvgIpc) is 3.20. The first kappa shape index (κ1) is 21.1. The molecule has 0 atom stereocenters. The first-order chi connectivity index (χ1) is 15.4. The van der Waals surface area contributed by atoms with E-state index in [0.717, 1.165) is 54.6 Å². The van der Waals surface area contributed by atoms with Gasteiger partial charge >= 0.3 is 0 Å². The van der Waals surface area contributed by atoms with Crippen LogP contribution < -0.4 is 0 Å². The number of benzene rings is 2. The first-order valence-corrected chi connectivity index (χ1v) is 12.8. The van der Waals surface area contributed by atoms with Crippen LogP contribution in [-0.2, 0) is 29.7 Å². The highest BCUT2D eigenvalue weighted by Crippen LogP contribution is 2.31. The van der Waals surface area contributed by atoms with Gasteiger partial charge in [-0.25, -0.2) is 12.7 Å². The second-order valence-electron chi connectivity index (χ2n) is 8.91. The molecular formula is C25H26N4O2S. The van der Waals surface area contributed by atoms with Crippen LogP contribution in [0.5, 0.6) is 0 Å². The van der Waals surface area contributed by atoms with Gasteiger partial charge in [0.05, 0.1) is 17.3 Å². The summed E-state index contributed by atoms with van der Waals surface area (Å²) < 4.78 is 25.1. The summed E-state index contributed by atoms with van der Waals surface area (Å²) in [7, 11) is -3.14. The maximum Gasteiger partial charge on any atom is 0.211 e. The molecule has 0 spiro atoms. The molecule has 2 aliphatic rings. The standard InChI is InChI=1S/C25H26N4O2S/c1-32(30,31)29-10-8-19(9-11-29)24-7-6-20-12-18(13-23(14-26)25(20)27-24)15-28-16-21-4-2-3-5-22(21)17-28/h2-7,12-13,19H,8-11,15-17H2,1H3. The molecule has 1 aromatic heterocycles. The van der Waals surface area contributed by atoms with Crippen molar-refractivity contribution in [2.45, 2.75) is 38.4 Å². The molecule has 0 radical (unpaired) electrons. The minimum atomic E-state index is -3.14. The molecule has 0 saturated carbocycles. The molecule has 7 heteroatoms. The van der Waals surface area contributed by atoms with E-state index in [9.17, 15) is 13.7 Å². The Morgan fingerprint density at radius 1 is 1.06 bits per heavy atom. The van der Waals surface area contributed by atoms with Crippen LogP contribution in [0.15, 0.2) is 48.5 Å². The number of nitrogens with zero attached hydrogens (tertiary/aromatic N) is 4. The van der Waals surface area contributed by atoms with E-state index in [2.05, 4.69) is 47.4 Å². The van der Waals surface area contributed by atoms with Crippen molar-refractivity contribution in [3.63, 3.8) is 0 Å². The van der Waals surface area contributed by atoms with Gasteiger partial charge in [-0.2, -0.15) is 5.26 Å². The summed E-state index contributed by atoms with van der Waals surface area (Å²) in [6, 6.07) is 19.1. The quantitative estimate of drug-likeness (QED) is 0.610. The number of rotatable bonds is 4. The van der Waals surface area contributed by atoms with Crippen LogP contribution in [0.4, 0.5) is 0 Å². The molecule has 1 saturated heterocycles. The summed E-state index contributed by atoms with van der Waals surface area (Å²) in [5.41, 5.74) is 6.17. The van der Waals surface area contributed by atoms with Crippen molar-refractivity contribution in [1.82, 2.24) is 14.2 Å². The number of piperidine rings is 1. The van der Waals surface area contributed by atoms with Gasteiger partial charge in [0.25, 0.3) is 0 Å².